The average Bonchev–Trinajstić information content (AvgIpc) is 1.58. The van der Waals surface area contributed by atoms with Crippen LogP contribution in [0, 0.1) is 0 Å². The first kappa shape index (κ1) is 9.53. The molecule has 0 amide bonds. The predicted octanol–water partition coefficient (Wildman–Crippen LogP) is -0.0963. The van der Waals surface area contributed by atoms with Crippen LogP contribution in [0.4, 0.5) is 0 Å². The Labute approximate surface area is 60.1 Å². The molecule has 0 aliphatic heterocycles. The van der Waals surface area contributed by atoms with Crippen molar-refractivity contribution in [2.45, 2.75) is 20.0 Å². The van der Waals surface area contributed by atoms with E-state index in [1.54, 1.807) is 13.8 Å². The molecule has 0 saturated heterocycles. The lowest BCUT2D eigenvalue weighted by molar-refractivity contribution is -0.301. The highest BCUT2D eigenvalue weighted by Crippen LogP contribution is 2.22. The molecule has 0 aromatic carbocycles. The van der Waals surface area contributed by atoms with Crippen LogP contribution in [0.5, 0.6) is 0 Å². The lowest BCUT2D eigenvalue weighted by atomic mass is 10.5. The number of hydrogen-bond donors (Lipinski definition) is 0. The van der Waals surface area contributed by atoms with E-state index >= 15 is 0 Å². The maximum atomic E-state index is 10.6. The quantitative estimate of drug-likeness (QED) is 0.544. The fourth-order valence-corrected chi connectivity index (χ4v) is 1.13. The molecule has 0 aromatic heterocycles. The third-order valence-electron chi connectivity index (χ3n) is 0.587. The molecule has 58 valence electrons. The SMILES string of the molecule is CC(C)O[P+](=O)CC(=O)[O-]. The molecule has 0 heterocycles. The molecule has 0 bridgehead atoms. The highest BCUT2D eigenvalue weighted by molar-refractivity contribution is 7.40. The second kappa shape index (κ2) is 4.36. The van der Waals surface area contributed by atoms with Gasteiger partial charge in [-0.2, -0.15) is 0 Å². The van der Waals surface area contributed by atoms with Crippen molar-refractivity contribution in [1.82, 2.24) is 0 Å². The lowest BCUT2D eigenvalue weighted by Gasteiger charge is -1.93. The number of aliphatic carboxylic acids is 1. The molecule has 0 spiro atoms. The molecule has 1 unspecified atom stereocenters. The number of rotatable bonds is 4. The zero-order valence-corrected chi connectivity index (χ0v) is 6.76. The molecule has 0 fully saturated rings. The highest BCUT2D eigenvalue weighted by Gasteiger charge is 2.19. The van der Waals surface area contributed by atoms with E-state index in [2.05, 4.69) is 4.52 Å². The van der Waals surface area contributed by atoms with Gasteiger partial charge in [-0.1, -0.05) is 0 Å². The molecule has 0 aliphatic carbocycles. The molecular weight excluding hydrogens is 155 g/mol. The highest BCUT2D eigenvalue weighted by atomic mass is 31.1. The number of carbonyl (C=O) groups is 1. The minimum absolute atomic E-state index is 0.206. The van der Waals surface area contributed by atoms with Crippen molar-refractivity contribution in [3.63, 3.8) is 0 Å². The van der Waals surface area contributed by atoms with Crippen molar-refractivity contribution in [2.75, 3.05) is 6.16 Å². The van der Waals surface area contributed by atoms with E-state index < -0.39 is 20.2 Å². The van der Waals surface area contributed by atoms with Crippen LogP contribution in [0.15, 0.2) is 0 Å². The minimum Gasteiger partial charge on any atom is -0.545 e. The molecule has 0 aliphatic rings. The Morgan fingerprint density at radius 3 is 2.50 bits per heavy atom. The normalized spacial score (nSPS) is 11.7. The molecule has 0 saturated carbocycles. The summed E-state index contributed by atoms with van der Waals surface area (Å²) in [4.78, 5) is 9.82. The van der Waals surface area contributed by atoms with Gasteiger partial charge >= 0.3 is 8.03 Å². The molecule has 0 N–H and O–H groups in total. The van der Waals surface area contributed by atoms with E-state index in [-0.39, 0.29) is 6.10 Å². The van der Waals surface area contributed by atoms with Crippen LogP contribution in [0.2, 0.25) is 0 Å². The summed E-state index contributed by atoms with van der Waals surface area (Å²) in [5.41, 5.74) is 0. The average molecular weight is 164 g/mol. The van der Waals surface area contributed by atoms with Crippen LogP contribution >= 0.6 is 8.03 Å². The van der Waals surface area contributed by atoms with Crippen LogP contribution in [-0.4, -0.2) is 18.2 Å². The molecule has 0 rings (SSSR count). The first-order chi connectivity index (χ1) is 4.52. The van der Waals surface area contributed by atoms with Gasteiger partial charge in [0, 0.05) is 0 Å². The number of carboxylic acids is 1. The molecule has 1 atom stereocenters. The monoisotopic (exact) mass is 164 g/mol. The third-order valence-corrected chi connectivity index (χ3v) is 1.76. The van der Waals surface area contributed by atoms with Gasteiger partial charge in [0.05, 0.1) is 5.97 Å². The molecule has 10 heavy (non-hydrogen) atoms. The summed E-state index contributed by atoms with van der Waals surface area (Å²) < 4.78 is 15.2. The van der Waals surface area contributed by atoms with Gasteiger partial charge in [-0.05, 0) is 18.4 Å². The summed E-state index contributed by atoms with van der Waals surface area (Å²) in [6.07, 6.45) is -0.726. The van der Waals surface area contributed by atoms with E-state index in [1.165, 1.54) is 0 Å². The van der Waals surface area contributed by atoms with Gasteiger partial charge in [0.15, 0.2) is 0 Å². The predicted molar refractivity (Wildman–Crippen MR) is 33.7 cm³/mol. The minimum atomic E-state index is -2.07. The standard InChI is InChI=1S/C5H9O4P/c1-4(2)9-10(8)3-5(6)7/h4H,3H2,1-2H3. The zero-order valence-electron chi connectivity index (χ0n) is 5.86. The number of hydrogen-bond acceptors (Lipinski definition) is 4. The second-order valence-corrected chi connectivity index (χ2v) is 3.21. The van der Waals surface area contributed by atoms with Crippen LogP contribution < -0.4 is 5.11 Å². The summed E-state index contributed by atoms with van der Waals surface area (Å²) in [7, 11) is -2.07. The first-order valence-electron chi connectivity index (χ1n) is 2.83. The van der Waals surface area contributed by atoms with Crippen LogP contribution in [0.1, 0.15) is 13.8 Å². The maximum Gasteiger partial charge on any atom is 0.514 e. The fourth-order valence-electron chi connectivity index (χ4n) is 0.378. The van der Waals surface area contributed by atoms with E-state index in [9.17, 15) is 14.5 Å². The van der Waals surface area contributed by atoms with Gasteiger partial charge in [0.2, 0.25) is 6.16 Å². The molecular formula is C5H9O4P. The Balaban J connectivity index is 3.54. The fraction of sp³-hybridized carbons (Fsp3) is 0.800. The zero-order chi connectivity index (χ0) is 8.15. The summed E-state index contributed by atoms with van der Waals surface area (Å²) in [6, 6.07) is 0. The van der Waals surface area contributed by atoms with Crippen LogP contribution in [0.25, 0.3) is 0 Å². The Bertz CT molecular complexity index is 143. The topological polar surface area (TPSA) is 66.4 Å². The van der Waals surface area contributed by atoms with Gasteiger partial charge < -0.3 is 9.90 Å². The summed E-state index contributed by atoms with van der Waals surface area (Å²) in [6.45, 7) is 3.37. The molecule has 5 heteroatoms. The smallest absolute Gasteiger partial charge is 0.514 e. The summed E-state index contributed by atoms with van der Waals surface area (Å²) in [5, 5.41) is 9.82. The van der Waals surface area contributed by atoms with Gasteiger partial charge in [-0.25, -0.2) is 0 Å². The van der Waals surface area contributed by atoms with E-state index in [0.29, 0.717) is 0 Å². The molecule has 0 radical (unpaired) electrons. The van der Waals surface area contributed by atoms with Gasteiger partial charge in [0.25, 0.3) is 0 Å². The van der Waals surface area contributed by atoms with Crippen molar-refractivity contribution in [2.24, 2.45) is 0 Å². The van der Waals surface area contributed by atoms with Crippen LogP contribution in [0.3, 0.4) is 0 Å². The Morgan fingerprint density at radius 2 is 2.20 bits per heavy atom. The van der Waals surface area contributed by atoms with Gasteiger partial charge in [-0.3, -0.25) is 0 Å². The van der Waals surface area contributed by atoms with Crippen molar-refractivity contribution in [1.29, 1.82) is 0 Å². The van der Waals surface area contributed by atoms with Crippen molar-refractivity contribution >= 4 is 14.0 Å². The number of carboxylic acid groups (broad SMARTS) is 1. The first-order valence-corrected chi connectivity index (χ1v) is 4.20. The third kappa shape index (κ3) is 5.66. The molecule has 4 nitrogen and oxygen atoms in total. The van der Waals surface area contributed by atoms with E-state index in [1.807, 2.05) is 0 Å². The Kier molecular flexibility index (Phi) is 4.16. The summed E-state index contributed by atoms with van der Waals surface area (Å²) >= 11 is 0. The van der Waals surface area contributed by atoms with Crippen LogP contribution in [-0.2, 0) is 13.9 Å². The summed E-state index contributed by atoms with van der Waals surface area (Å²) in [5.74, 6) is -1.35. The molecule has 0 aromatic rings. The second-order valence-electron chi connectivity index (χ2n) is 2.02. The van der Waals surface area contributed by atoms with Crippen molar-refractivity contribution < 1.29 is 19.0 Å². The van der Waals surface area contributed by atoms with E-state index in [0.717, 1.165) is 0 Å². The maximum absolute atomic E-state index is 10.6. The van der Waals surface area contributed by atoms with Gasteiger partial charge in [0.1, 0.15) is 6.10 Å². The lowest BCUT2D eigenvalue weighted by Crippen LogP contribution is -2.24. The largest absolute Gasteiger partial charge is 0.545 e. The Hall–Kier alpha value is -0.470. The van der Waals surface area contributed by atoms with Crippen molar-refractivity contribution in [3.8, 4) is 0 Å². The Morgan fingerprint density at radius 1 is 1.70 bits per heavy atom. The van der Waals surface area contributed by atoms with E-state index in [4.69, 9.17) is 0 Å². The van der Waals surface area contributed by atoms with Crippen molar-refractivity contribution in [3.05, 3.63) is 0 Å². The van der Waals surface area contributed by atoms with Gasteiger partial charge in [-0.15, -0.1) is 4.52 Å². The number of carbonyl (C=O) groups excluding carboxylic acids is 1.